The molecule has 112 valence electrons. The second-order valence-corrected chi connectivity index (χ2v) is 6.25. The number of anilines is 2. The lowest BCUT2D eigenvalue weighted by atomic mass is 10.3. The summed E-state index contributed by atoms with van der Waals surface area (Å²) in [6.07, 6.45) is 1.46. The third kappa shape index (κ3) is 3.69. The molecule has 0 bridgehead atoms. The summed E-state index contributed by atoms with van der Waals surface area (Å²) in [5.74, 6) is -0.412. The monoisotopic (exact) mass is 329 g/mol. The van der Waals surface area contributed by atoms with Gasteiger partial charge in [0.25, 0.3) is 0 Å². The Labute approximate surface area is 127 Å². The smallest absolute Gasteiger partial charge is 0.244 e. The summed E-state index contributed by atoms with van der Waals surface area (Å²) in [4.78, 5) is 4.01. The van der Waals surface area contributed by atoms with Crippen LogP contribution in [0.5, 0.6) is 0 Å². The maximum atomic E-state index is 13.1. The number of nitrogens with zero attached hydrogens (tertiary/aromatic N) is 1. The van der Waals surface area contributed by atoms with E-state index in [9.17, 15) is 12.8 Å². The molecular formula is C13H13ClFN3O2S. The van der Waals surface area contributed by atoms with Crippen LogP contribution in [0.1, 0.15) is 6.92 Å². The lowest BCUT2D eigenvalue weighted by molar-refractivity contribution is 0.584. The first-order valence-electron chi connectivity index (χ1n) is 6.11. The fraction of sp³-hybridized carbons (Fsp3) is 0.154. The third-order valence-corrected chi connectivity index (χ3v) is 4.44. The normalized spacial score (nSPS) is 11.4. The lowest BCUT2D eigenvalue weighted by Crippen LogP contribution is -2.24. The quantitative estimate of drug-likeness (QED) is 0.884. The molecule has 0 radical (unpaired) electrons. The van der Waals surface area contributed by atoms with Crippen molar-refractivity contribution in [3.63, 3.8) is 0 Å². The zero-order valence-corrected chi connectivity index (χ0v) is 12.7. The number of benzene rings is 1. The van der Waals surface area contributed by atoms with E-state index in [1.807, 2.05) is 0 Å². The molecular weight excluding hydrogens is 317 g/mol. The largest absolute Gasteiger partial charge is 0.339 e. The van der Waals surface area contributed by atoms with Crippen LogP contribution < -0.4 is 10.0 Å². The Morgan fingerprint density at radius 3 is 2.76 bits per heavy atom. The van der Waals surface area contributed by atoms with Crippen molar-refractivity contribution in [3.05, 3.63) is 47.4 Å². The van der Waals surface area contributed by atoms with E-state index in [0.29, 0.717) is 5.69 Å². The average molecular weight is 330 g/mol. The molecule has 0 saturated heterocycles. The Morgan fingerprint density at radius 1 is 1.33 bits per heavy atom. The SMILES string of the molecule is CCNS(=O)(=O)c1cccnc1Nc1ccc(F)c(Cl)c1. The molecule has 0 amide bonds. The van der Waals surface area contributed by atoms with Crippen molar-refractivity contribution >= 4 is 33.1 Å². The molecule has 0 aliphatic rings. The van der Waals surface area contributed by atoms with E-state index in [1.54, 1.807) is 6.92 Å². The van der Waals surface area contributed by atoms with E-state index in [0.717, 1.165) is 0 Å². The fourth-order valence-electron chi connectivity index (χ4n) is 1.68. The summed E-state index contributed by atoms with van der Waals surface area (Å²) in [7, 11) is -3.66. The lowest BCUT2D eigenvalue weighted by Gasteiger charge is -2.11. The van der Waals surface area contributed by atoms with Gasteiger partial charge in [0.2, 0.25) is 10.0 Å². The zero-order chi connectivity index (χ0) is 15.5. The maximum Gasteiger partial charge on any atom is 0.244 e. The van der Waals surface area contributed by atoms with Gasteiger partial charge in [0.15, 0.2) is 5.82 Å². The van der Waals surface area contributed by atoms with E-state index in [4.69, 9.17) is 11.6 Å². The standard InChI is InChI=1S/C13H13ClFN3O2S/c1-2-17-21(19,20)12-4-3-7-16-13(12)18-9-5-6-11(15)10(14)8-9/h3-8,17H,2H2,1H3,(H,16,18). The summed E-state index contributed by atoms with van der Waals surface area (Å²) in [5.41, 5.74) is 0.438. The molecule has 0 aliphatic heterocycles. The van der Waals surface area contributed by atoms with Crippen molar-refractivity contribution in [1.29, 1.82) is 0 Å². The predicted octanol–water partition coefficient (Wildman–Crippen LogP) is 2.92. The van der Waals surface area contributed by atoms with E-state index < -0.39 is 15.8 Å². The number of pyridine rings is 1. The number of sulfonamides is 1. The highest BCUT2D eigenvalue weighted by Gasteiger charge is 2.18. The van der Waals surface area contributed by atoms with Crippen LogP contribution in [0.3, 0.4) is 0 Å². The number of aromatic nitrogens is 1. The highest BCUT2D eigenvalue weighted by Crippen LogP contribution is 2.25. The van der Waals surface area contributed by atoms with Crippen LogP contribution in [0.2, 0.25) is 5.02 Å². The molecule has 2 aromatic rings. The number of hydrogen-bond donors (Lipinski definition) is 2. The van der Waals surface area contributed by atoms with Gasteiger partial charge < -0.3 is 5.32 Å². The second-order valence-electron chi connectivity index (χ2n) is 4.11. The summed E-state index contributed by atoms with van der Waals surface area (Å²) in [5, 5.41) is 2.76. The van der Waals surface area contributed by atoms with Gasteiger partial charge in [-0.15, -0.1) is 0 Å². The van der Waals surface area contributed by atoms with Gasteiger partial charge in [-0.25, -0.2) is 22.5 Å². The number of nitrogens with one attached hydrogen (secondary N) is 2. The van der Waals surface area contributed by atoms with Crippen LogP contribution in [0.15, 0.2) is 41.4 Å². The minimum Gasteiger partial charge on any atom is -0.339 e. The Morgan fingerprint density at radius 2 is 2.10 bits per heavy atom. The van der Waals surface area contributed by atoms with Crippen molar-refractivity contribution in [2.75, 3.05) is 11.9 Å². The van der Waals surface area contributed by atoms with Crippen molar-refractivity contribution in [2.45, 2.75) is 11.8 Å². The summed E-state index contributed by atoms with van der Waals surface area (Å²) in [6.45, 7) is 1.94. The molecule has 21 heavy (non-hydrogen) atoms. The van der Waals surface area contributed by atoms with Crippen molar-refractivity contribution in [3.8, 4) is 0 Å². The van der Waals surface area contributed by atoms with Crippen LogP contribution in [-0.2, 0) is 10.0 Å². The number of halogens is 2. The molecule has 1 heterocycles. The van der Waals surface area contributed by atoms with Gasteiger partial charge in [-0.05, 0) is 30.3 Å². The highest BCUT2D eigenvalue weighted by atomic mass is 35.5. The molecule has 2 rings (SSSR count). The van der Waals surface area contributed by atoms with Gasteiger partial charge >= 0.3 is 0 Å². The predicted molar refractivity (Wildman–Crippen MR) is 79.8 cm³/mol. The molecule has 0 atom stereocenters. The Kier molecular flexibility index (Phi) is 4.76. The van der Waals surface area contributed by atoms with Crippen molar-refractivity contribution in [2.24, 2.45) is 0 Å². The minimum atomic E-state index is -3.66. The fourth-order valence-corrected chi connectivity index (χ4v) is 3.01. The van der Waals surface area contributed by atoms with Gasteiger partial charge in [0.1, 0.15) is 10.7 Å². The van der Waals surface area contributed by atoms with Gasteiger partial charge in [0, 0.05) is 18.4 Å². The Bertz CT molecular complexity index is 753. The second kappa shape index (κ2) is 6.38. The molecule has 8 heteroatoms. The third-order valence-electron chi connectivity index (χ3n) is 2.58. The van der Waals surface area contributed by atoms with Crippen LogP contribution in [0, 0.1) is 5.82 Å². The molecule has 1 aromatic carbocycles. The topological polar surface area (TPSA) is 71.1 Å². The van der Waals surface area contributed by atoms with Crippen LogP contribution in [0.25, 0.3) is 0 Å². The molecule has 1 aromatic heterocycles. The first-order chi connectivity index (χ1) is 9.94. The Balaban J connectivity index is 2.39. The molecule has 5 nitrogen and oxygen atoms in total. The van der Waals surface area contributed by atoms with Crippen molar-refractivity contribution < 1.29 is 12.8 Å². The molecule has 0 aliphatic carbocycles. The molecule has 2 N–H and O–H groups in total. The molecule has 0 saturated carbocycles. The average Bonchev–Trinajstić information content (AvgIpc) is 2.43. The van der Waals surface area contributed by atoms with E-state index >= 15 is 0 Å². The van der Waals surface area contributed by atoms with E-state index in [1.165, 1.54) is 36.5 Å². The molecule has 0 fully saturated rings. The Hall–Kier alpha value is -1.70. The van der Waals surface area contributed by atoms with Gasteiger partial charge in [-0.3, -0.25) is 0 Å². The summed E-state index contributed by atoms with van der Waals surface area (Å²) in [6, 6.07) is 6.94. The molecule has 0 spiro atoms. The van der Waals surface area contributed by atoms with Crippen LogP contribution in [0.4, 0.5) is 15.9 Å². The summed E-state index contributed by atoms with van der Waals surface area (Å²) >= 11 is 5.69. The zero-order valence-electron chi connectivity index (χ0n) is 11.1. The number of rotatable bonds is 5. The summed E-state index contributed by atoms with van der Waals surface area (Å²) < 4.78 is 39.7. The van der Waals surface area contributed by atoms with Gasteiger partial charge in [0.05, 0.1) is 5.02 Å². The highest BCUT2D eigenvalue weighted by molar-refractivity contribution is 7.89. The van der Waals surface area contributed by atoms with E-state index in [2.05, 4.69) is 15.0 Å². The molecule has 0 unspecified atom stereocenters. The first-order valence-corrected chi connectivity index (χ1v) is 7.97. The maximum absolute atomic E-state index is 13.1. The minimum absolute atomic E-state index is 0.00676. The van der Waals surface area contributed by atoms with Crippen LogP contribution in [-0.4, -0.2) is 19.9 Å². The first kappa shape index (κ1) is 15.7. The van der Waals surface area contributed by atoms with Crippen LogP contribution >= 0.6 is 11.6 Å². The van der Waals surface area contributed by atoms with Gasteiger partial charge in [-0.2, -0.15) is 0 Å². The van der Waals surface area contributed by atoms with Crippen molar-refractivity contribution in [1.82, 2.24) is 9.71 Å². The van der Waals surface area contributed by atoms with E-state index in [-0.39, 0.29) is 22.3 Å². The van der Waals surface area contributed by atoms with Gasteiger partial charge in [-0.1, -0.05) is 18.5 Å². The number of hydrogen-bond acceptors (Lipinski definition) is 4.